The largest absolute Gasteiger partial charge is 0.468 e. The van der Waals surface area contributed by atoms with E-state index in [1.54, 1.807) is 0 Å². The number of nitrogens with zero attached hydrogens (tertiary/aromatic N) is 1. The molecule has 5 nitrogen and oxygen atoms in total. The number of esters is 1. The van der Waals surface area contributed by atoms with Gasteiger partial charge in [0.25, 0.3) is 0 Å². The topological polar surface area (TPSA) is 66.8 Å². The lowest BCUT2D eigenvalue weighted by molar-refractivity contribution is -0.180. The van der Waals surface area contributed by atoms with Crippen LogP contribution < -0.4 is 0 Å². The molecule has 23 heavy (non-hydrogen) atoms. The maximum absolute atomic E-state index is 12.9. The minimum Gasteiger partial charge on any atom is -0.468 e. The van der Waals surface area contributed by atoms with E-state index >= 15 is 0 Å². The third kappa shape index (κ3) is 2.58. The Labute approximate surface area is 136 Å². The molecule has 1 aliphatic carbocycles. The van der Waals surface area contributed by atoms with Gasteiger partial charge in [-0.3, -0.25) is 14.5 Å². The number of methoxy groups -OCH3 is 1. The number of fused-ring (bicyclic) bond motifs is 2. The van der Waals surface area contributed by atoms with Crippen molar-refractivity contribution in [3.05, 3.63) is 35.9 Å². The number of ether oxygens (including phenoxy) is 1. The fourth-order valence-corrected chi connectivity index (χ4v) is 4.12. The van der Waals surface area contributed by atoms with Gasteiger partial charge in [-0.1, -0.05) is 37.3 Å². The molecule has 0 amide bonds. The zero-order valence-electron chi connectivity index (χ0n) is 13.6. The van der Waals surface area contributed by atoms with Crippen LogP contribution in [0.25, 0.3) is 0 Å². The number of likely N-dealkylation sites (tertiary alicyclic amines) is 1. The van der Waals surface area contributed by atoms with Gasteiger partial charge in [0.15, 0.2) is 5.78 Å². The Bertz CT molecular complexity index is 602. The average Bonchev–Trinajstić information content (AvgIpc) is 2.54. The summed E-state index contributed by atoms with van der Waals surface area (Å²) in [5.74, 6) is -1.36. The van der Waals surface area contributed by atoms with Crippen LogP contribution in [-0.2, 0) is 20.9 Å². The van der Waals surface area contributed by atoms with E-state index < -0.39 is 23.4 Å². The summed E-state index contributed by atoms with van der Waals surface area (Å²) in [5, 5.41) is 10.3. The van der Waals surface area contributed by atoms with Crippen LogP contribution >= 0.6 is 0 Å². The van der Waals surface area contributed by atoms with Gasteiger partial charge in [-0.25, -0.2) is 0 Å². The zero-order valence-corrected chi connectivity index (χ0v) is 13.6. The molecule has 1 N–H and O–H groups in total. The molecule has 1 aromatic rings. The fourth-order valence-electron chi connectivity index (χ4n) is 4.12. The molecule has 1 saturated carbocycles. The molecule has 1 saturated heterocycles. The number of Topliss-reactive ketones (excluding diaryl/α,β-unsaturated/α-hetero) is 1. The first kappa shape index (κ1) is 16.1. The zero-order chi connectivity index (χ0) is 16.6. The van der Waals surface area contributed by atoms with Gasteiger partial charge >= 0.3 is 5.97 Å². The number of benzene rings is 1. The van der Waals surface area contributed by atoms with Gasteiger partial charge in [0.1, 0.15) is 5.41 Å². The lowest BCUT2D eigenvalue weighted by Gasteiger charge is -2.51. The number of aliphatic hydroxyl groups excluding tert-OH is 1. The number of piperidine rings is 1. The molecule has 3 rings (SSSR count). The van der Waals surface area contributed by atoms with Gasteiger partial charge in [0, 0.05) is 19.6 Å². The first-order chi connectivity index (χ1) is 11.0. The summed E-state index contributed by atoms with van der Waals surface area (Å²) in [6.45, 7) is 3.36. The molecule has 2 bridgehead atoms. The van der Waals surface area contributed by atoms with Crippen LogP contribution in [-0.4, -0.2) is 48.1 Å². The van der Waals surface area contributed by atoms with Crippen molar-refractivity contribution < 1.29 is 19.4 Å². The second-order valence-corrected chi connectivity index (χ2v) is 6.79. The van der Waals surface area contributed by atoms with E-state index in [-0.39, 0.29) is 11.7 Å². The molecule has 1 aromatic carbocycles. The normalized spacial score (nSPS) is 34.2. The van der Waals surface area contributed by atoms with Crippen LogP contribution in [0.5, 0.6) is 0 Å². The van der Waals surface area contributed by atoms with Crippen LogP contribution in [0.15, 0.2) is 30.3 Å². The van der Waals surface area contributed by atoms with Crippen molar-refractivity contribution in [3.8, 4) is 0 Å². The van der Waals surface area contributed by atoms with Crippen molar-refractivity contribution in [1.29, 1.82) is 0 Å². The number of aliphatic hydroxyl groups is 1. The second kappa shape index (κ2) is 6.06. The Morgan fingerprint density at radius 3 is 2.74 bits per heavy atom. The standard InChI is InChI=1S/C18H23NO4/c1-12-8-15(20)14-10-19(9-13-6-4-3-5-7-13)11-18(12,16(14)21)17(22)23-2/h3-7,12,14-15,20H,8-11H2,1-2H3. The summed E-state index contributed by atoms with van der Waals surface area (Å²) in [5.41, 5.74) is -0.0202. The molecule has 1 heterocycles. The molecule has 5 heteroatoms. The third-order valence-electron chi connectivity index (χ3n) is 5.40. The van der Waals surface area contributed by atoms with E-state index in [9.17, 15) is 14.7 Å². The van der Waals surface area contributed by atoms with Crippen LogP contribution in [0.4, 0.5) is 0 Å². The quantitative estimate of drug-likeness (QED) is 0.671. The van der Waals surface area contributed by atoms with E-state index in [0.29, 0.717) is 26.1 Å². The minimum absolute atomic E-state index is 0.153. The highest BCUT2D eigenvalue weighted by Gasteiger charge is 2.61. The van der Waals surface area contributed by atoms with E-state index in [1.165, 1.54) is 7.11 Å². The summed E-state index contributed by atoms with van der Waals surface area (Å²) in [6.07, 6.45) is -0.223. The average molecular weight is 317 g/mol. The van der Waals surface area contributed by atoms with E-state index in [4.69, 9.17) is 4.74 Å². The summed E-state index contributed by atoms with van der Waals surface area (Å²) >= 11 is 0. The minimum atomic E-state index is -1.15. The van der Waals surface area contributed by atoms with Crippen LogP contribution in [0.2, 0.25) is 0 Å². The molecule has 2 aliphatic rings. The highest BCUT2D eigenvalue weighted by Crippen LogP contribution is 2.46. The maximum Gasteiger partial charge on any atom is 0.320 e. The Morgan fingerprint density at radius 2 is 2.09 bits per heavy atom. The van der Waals surface area contributed by atoms with Gasteiger partial charge in [0.05, 0.1) is 19.1 Å². The lowest BCUT2D eigenvalue weighted by Crippen LogP contribution is -2.66. The van der Waals surface area contributed by atoms with Crippen molar-refractivity contribution in [2.24, 2.45) is 17.3 Å². The molecule has 2 fully saturated rings. The highest BCUT2D eigenvalue weighted by molar-refractivity contribution is 6.07. The number of carbonyl (C=O) groups excluding carboxylic acids is 2. The molecule has 4 unspecified atom stereocenters. The molecule has 0 aromatic heterocycles. The Hall–Kier alpha value is -1.72. The van der Waals surface area contributed by atoms with Gasteiger partial charge < -0.3 is 9.84 Å². The Morgan fingerprint density at radius 1 is 1.39 bits per heavy atom. The van der Waals surface area contributed by atoms with Crippen molar-refractivity contribution in [2.75, 3.05) is 20.2 Å². The van der Waals surface area contributed by atoms with Gasteiger partial charge in [-0.2, -0.15) is 0 Å². The smallest absolute Gasteiger partial charge is 0.320 e. The monoisotopic (exact) mass is 317 g/mol. The molecule has 1 aliphatic heterocycles. The van der Waals surface area contributed by atoms with Crippen molar-refractivity contribution in [3.63, 3.8) is 0 Å². The summed E-state index contributed by atoms with van der Waals surface area (Å²) in [7, 11) is 1.33. The first-order valence-corrected chi connectivity index (χ1v) is 8.06. The van der Waals surface area contributed by atoms with Crippen LogP contribution in [0.1, 0.15) is 18.9 Å². The molecule has 0 radical (unpaired) electrons. The number of carbonyl (C=O) groups is 2. The van der Waals surface area contributed by atoms with E-state index in [2.05, 4.69) is 4.90 Å². The predicted octanol–water partition coefficient (Wildman–Crippen LogP) is 1.25. The number of hydrogen-bond acceptors (Lipinski definition) is 5. The number of hydrogen-bond donors (Lipinski definition) is 1. The molecule has 124 valence electrons. The van der Waals surface area contributed by atoms with Crippen molar-refractivity contribution in [1.82, 2.24) is 4.90 Å². The molecule has 0 spiro atoms. The van der Waals surface area contributed by atoms with Gasteiger partial charge in [0.2, 0.25) is 0 Å². The summed E-state index contributed by atoms with van der Waals surface area (Å²) in [4.78, 5) is 27.4. The number of ketones is 1. The van der Waals surface area contributed by atoms with E-state index in [0.717, 1.165) is 5.56 Å². The Kier molecular flexibility index (Phi) is 4.25. The summed E-state index contributed by atoms with van der Waals surface area (Å²) in [6, 6.07) is 9.95. The summed E-state index contributed by atoms with van der Waals surface area (Å²) < 4.78 is 4.97. The van der Waals surface area contributed by atoms with Crippen molar-refractivity contribution in [2.45, 2.75) is 26.0 Å². The number of rotatable bonds is 3. The first-order valence-electron chi connectivity index (χ1n) is 8.06. The molecular formula is C18H23NO4. The molecular weight excluding hydrogens is 294 g/mol. The maximum atomic E-state index is 12.9. The SMILES string of the molecule is COC(=O)C12CN(Cc3ccccc3)CC(C1=O)C(O)CC2C. The van der Waals surface area contributed by atoms with E-state index in [1.807, 2.05) is 37.3 Å². The predicted molar refractivity (Wildman–Crippen MR) is 84.5 cm³/mol. The van der Waals surface area contributed by atoms with Crippen LogP contribution in [0, 0.1) is 17.3 Å². The fraction of sp³-hybridized carbons (Fsp3) is 0.556. The lowest BCUT2D eigenvalue weighted by atomic mass is 9.59. The second-order valence-electron chi connectivity index (χ2n) is 6.79. The third-order valence-corrected chi connectivity index (χ3v) is 5.40. The molecule has 4 atom stereocenters. The van der Waals surface area contributed by atoms with Gasteiger partial charge in [-0.05, 0) is 17.9 Å². The van der Waals surface area contributed by atoms with Gasteiger partial charge in [-0.15, -0.1) is 0 Å². The van der Waals surface area contributed by atoms with Crippen molar-refractivity contribution >= 4 is 11.8 Å². The Balaban J connectivity index is 1.92. The highest BCUT2D eigenvalue weighted by atomic mass is 16.5. The van der Waals surface area contributed by atoms with Crippen LogP contribution in [0.3, 0.4) is 0 Å².